The summed E-state index contributed by atoms with van der Waals surface area (Å²) < 4.78 is 0. The van der Waals surface area contributed by atoms with Crippen molar-refractivity contribution in [1.82, 2.24) is 4.90 Å². The summed E-state index contributed by atoms with van der Waals surface area (Å²) in [6.45, 7) is 1.85. The van der Waals surface area contributed by atoms with Gasteiger partial charge in [-0.1, -0.05) is 25.0 Å². The van der Waals surface area contributed by atoms with Gasteiger partial charge in [-0.3, -0.25) is 4.90 Å². The molecule has 0 aromatic heterocycles. The highest BCUT2D eigenvalue weighted by Gasteiger charge is 2.27. The molecule has 0 radical (unpaired) electrons. The van der Waals surface area contributed by atoms with E-state index >= 15 is 0 Å². The minimum atomic E-state index is 0.655. The third-order valence-corrected chi connectivity index (χ3v) is 4.62. The second-order valence-corrected chi connectivity index (χ2v) is 6.32. The van der Waals surface area contributed by atoms with Gasteiger partial charge in [0.2, 0.25) is 0 Å². The fourth-order valence-corrected chi connectivity index (χ4v) is 3.35. The first-order valence-corrected chi connectivity index (χ1v) is 7.78. The van der Waals surface area contributed by atoms with Gasteiger partial charge in [-0.15, -0.1) is 0 Å². The van der Waals surface area contributed by atoms with Gasteiger partial charge in [0.05, 0.1) is 0 Å². The first-order valence-electron chi connectivity index (χ1n) is 7.78. The largest absolute Gasteiger partial charge is 0.378 e. The Morgan fingerprint density at radius 3 is 2.30 bits per heavy atom. The number of anilines is 1. The molecule has 20 heavy (non-hydrogen) atoms. The number of nitrogens with two attached hydrogens (primary N) is 1. The minimum Gasteiger partial charge on any atom is -0.378 e. The summed E-state index contributed by atoms with van der Waals surface area (Å²) in [4.78, 5) is 4.64. The molecule has 1 aliphatic rings. The molecule has 0 saturated heterocycles. The van der Waals surface area contributed by atoms with Crippen molar-refractivity contribution in [3.63, 3.8) is 0 Å². The van der Waals surface area contributed by atoms with Crippen molar-refractivity contribution in [3.8, 4) is 0 Å². The van der Waals surface area contributed by atoms with E-state index < -0.39 is 0 Å². The van der Waals surface area contributed by atoms with Crippen LogP contribution in [0.4, 0.5) is 5.69 Å². The molecule has 0 aliphatic heterocycles. The van der Waals surface area contributed by atoms with E-state index in [4.69, 9.17) is 5.73 Å². The molecule has 0 spiro atoms. The third kappa shape index (κ3) is 3.74. The van der Waals surface area contributed by atoms with Gasteiger partial charge in [-0.05, 0) is 50.0 Å². The first kappa shape index (κ1) is 15.3. The van der Waals surface area contributed by atoms with E-state index in [1.54, 1.807) is 0 Å². The maximum atomic E-state index is 5.95. The second kappa shape index (κ2) is 7.09. The molecule has 1 saturated carbocycles. The summed E-state index contributed by atoms with van der Waals surface area (Å²) in [6, 6.07) is 9.54. The summed E-state index contributed by atoms with van der Waals surface area (Å²) in [7, 11) is 6.41. The van der Waals surface area contributed by atoms with E-state index in [0.29, 0.717) is 12.0 Å². The Balaban J connectivity index is 1.97. The van der Waals surface area contributed by atoms with Gasteiger partial charge in [-0.25, -0.2) is 0 Å². The van der Waals surface area contributed by atoms with Crippen LogP contribution in [0.2, 0.25) is 0 Å². The van der Waals surface area contributed by atoms with Gasteiger partial charge in [-0.2, -0.15) is 0 Å². The smallest absolute Gasteiger partial charge is 0.0361 e. The van der Waals surface area contributed by atoms with E-state index in [0.717, 1.165) is 13.1 Å². The van der Waals surface area contributed by atoms with E-state index in [2.05, 4.69) is 55.2 Å². The number of nitrogens with zero attached hydrogens (tertiary/aromatic N) is 2. The van der Waals surface area contributed by atoms with Crippen molar-refractivity contribution in [2.24, 2.45) is 11.7 Å². The average Bonchev–Trinajstić information content (AvgIpc) is 2.47. The standard InChI is InChI=1S/C17H29N3/c1-19(2)16-10-8-14(9-11-16)13-20(3)17-7-5-4-6-15(17)12-18/h8-11,15,17H,4-7,12-13,18H2,1-3H3. The van der Waals surface area contributed by atoms with Crippen LogP contribution in [0.1, 0.15) is 31.2 Å². The molecule has 2 unspecified atom stereocenters. The number of rotatable bonds is 5. The van der Waals surface area contributed by atoms with Crippen LogP contribution >= 0.6 is 0 Å². The molecule has 1 aromatic rings. The van der Waals surface area contributed by atoms with E-state index in [1.807, 2.05) is 0 Å². The Morgan fingerprint density at radius 1 is 1.05 bits per heavy atom. The van der Waals surface area contributed by atoms with E-state index in [1.165, 1.54) is 36.9 Å². The molecule has 1 aromatic carbocycles. The Kier molecular flexibility index (Phi) is 5.44. The van der Waals surface area contributed by atoms with Gasteiger partial charge < -0.3 is 10.6 Å². The molecule has 3 heteroatoms. The van der Waals surface area contributed by atoms with Crippen molar-refractivity contribution >= 4 is 5.69 Å². The molecule has 1 aliphatic carbocycles. The van der Waals surface area contributed by atoms with Crippen LogP contribution < -0.4 is 10.6 Å². The fraction of sp³-hybridized carbons (Fsp3) is 0.647. The van der Waals surface area contributed by atoms with Gasteiger partial charge in [0, 0.05) is 32.4 Å². The molecule has 2 rings (SSSR count). The lowest BCUT2D eigenvalue weighted by Gasteiger charge is -2.37. The summed E-state index contributed by atoms with van der Waals surface area (Å²) in [5, 5.41) is 0. The number of benzene rings is 1. The van der Waals surface area contributed by atoms with Crippen molar-refractivity contribution in [1.29, 1.82) is 0 Å². The van der Waals surface area contributed by atoms with Crippen LogP contribution in [0.5, 0.6) is 0 Å². The topological polar surface area (TPSA) is 32.5 Å². The van der Waals surface area contributed by atoms with Gasteiger partial charge in [0.15, 0.2) is 0 Å². The highest BCUT2D eigenvalue weighted by molar-refractivity contribution is 5.45. The minimum absolute atomic E-state index is 0.655. The van der Waals surface area contributed by atoms with Gasteiger partial charge in [0.25, 0.3) is 0 Å². The molecular formula is C17H29N3. The van der Waals surface area contributed by atoms with E-state index in [-0.39, 0.29) is 0 Å². The molecule has 2 atom stereocenters. The first-order chi connectivity index (χ1) is 9.61. The molecule has 1 fully saturated rings. The van der Waals surface area contributed by atoms with Crippen LogP contribution in [-0.4, -0.2) is 38.6 Å². The van der Waals surface area contributed by atoms with Crippen LogP contribution in [0.15, 0.2) is 24.3 Å². The molecule has 3 nitrogen and oxygen atoms in total. The van der Waals surface area contributed by atoms with Crippen LogP contribution in [-0.2, 0) is 6.54 Å². The molecule has 0 bridgehead atoms. The van der Waals surface area contributed by atoms with Crippen molar-refractivity contribution in [2.75, 3.05) is 32.6 Å². The molecule has 112 valence electrons. The van der Waals surface area contributed by atoms with Crippen molar-refractivity contribution in [3.05, 3.63) is 29.8 Å². The van der Waals surface area contributed by atoms with Crippen molar-refractivity contribution < 1.29 is 0 Å². The Hall–Kier alpha value is -1.06. The quantitative estimate of drug-likeness (QED) is 0.897. The summed E-state index contributed by atoms with van der Waals surface area (Å²) in [5.41, 5.74) is 8.59. The SMILES string of the molecule is CN(C)c1ccc(CN(C)C2CCCCC2CN)cc1. The predicted molar refractivity (Wildman–Crippen MR) is 87.0 cm³/mol. The highest BCUT2D eigenvalue weighted by atomic mass is 15.1. The van der Waals surface area contributed by atoms with Crippen molar-refractivity contribution in [2.45, 2.75) is 38.3 Å². The lowest BCUT2D eigenvalue weighted by Crippen LogP contribution is -2.42. The highest BCUT2D eigenvalue weighted by Crippen LogP contribution is 2.28. The molecule has 0 amide bonds. The van der Waals surface area contributed by atoms with Crippen LogP contribution in [0, 0.1) is 5.92 Å². The molecular weight excluding hydrogens is 246 g/mol. The lowest BCUT2D eigenvalue weighted by atomic mass is 9.83. The Bertz CT molecular complexity index is 399. The van der Waals surface area contributed by atoms with Crippen LogP contribution in [0.3, 0.4) is 0 Å². The maximum absolute atomic E-state index is 5.95. The monoisotopic (exact) mass is 275 g/mol. The zero-order valence-corrected chi connectivity index (χ0v) is 13.2. The molecule has 2 N–H and O–H groups in total. The molecule has 0 heterocycles. The number of hydrogen-bond donors (Lipinski definition) is 1. The van der Waals surface area contributed by atoms with Gasteiger partial charge in [0.1, 0.15) is 0 Å². The van der Waals surface area contributed by atoms with E-state index in [9.17, 15) is 0 Å². The summed E-state index contributed by atoms with van der Waals surface area (Å²) >= 11 is 0. The predicted octanol–water partition coefficient (Wildman–Crippen LogP) is 2.70. The zero-order chi connectivity index (χ0) is 14.5. The average molecular weight is 275 g/mol. The Labute approximate surface area is 123 Å². The van der Waals surface area contributed by atoms with Gasteiger partial charge >= 0.3 is 0 Å². The number of hydrogen-bond acceptors (Lipinski definition) is 3. The Morgan fingerprint density at radius 2 is 1.70 bits per heavy atom. The second-order valence-electron chi connectivity index (χ2n) is 6.32. The summed E-state index contributed by atoms with van der Waals surface area (Å²) in [6.07, 6.45) is 5.30. The third-order valence-electron chi connectivity index (χ3n) is 4.62. The zero-order valence-electron chi connectivity index (χ0n) is 13.2. The normalized spacial score (nSPS) is 23.1. The van der Waals surface area contributed by atoms with Crippen LogP contribution in [0.25, 0.3) is 0 Å². The fourth-order valence-electron chi connectivity index (χ4n) is 3.35. The maximum Gasteiger partial charge on any atom is 0.0361 e. The lowest BCUT2D eigenvalue weighted by molar-refractivity contribution is 0.127. The summed E-state index contributed by atoms with van der Waals surface area (Å²) in [5.74, 6) is 0.676.